The molecule has 1 atom stereocenters. The first kappa shape index (κ1) is 55.7. The van der Waals surface area contributed by atoms with Gasteiger partial charge in [-0.15, -0.1) is 12.4 Å². The largest absolute Gasteiger partial charge is 0.489 e. The lowest BCUT2D eigenvalue weighted by Crippen LogP contribution is -2.51. The minimum Gasteiger partial charge on any atom is -0.489 e. The lowest BCUT2D eigenvalue weighted by atomic mass is 9.83. The van der Waals surface area contributed by atoms with Crippen LogP contribution in [-0.2, 0) is 57.5 Å². The van der Waals surface area contributed by atoms with E-state index in [1.165, 1.54) is 43.7 Å². The van der Waals surface area contributed by atoms with E-state index in [-0.39, 0.29) is 61.5 Å². The van der Waals surface area contributed by atoms with Gasteiger partial charge >= 0.3 is 24.4 Å². The van der Waals surface area contributed by atoms with E-state index >= 15 is 0 Å². The number of likely N-dealkylation sites (N-methyl/N-ethyl adjacent to an activating group) is 1. The average molecular weight is 1030 g/mol. The Kier molecular flexibility index (Phi) is 18.5. The van der Waals surface area contributed by atoms with Crippen LogP contribution in [0, 0.1) is 0 Å². The van der Waals surface area contributed by atoms with Crippen LogP contribution < -0.4 is 19.7 Å². The molecule has 1 N–H and O–H groups in total. The number of amides is 2. The number of halogens is 7. The van der Waals surface area contributed by atoms with Gasteiger partial charge in [-0.05, 0) is 142 Å². The van der Waals surface area contributed by atoms with Crippen LogP contribution in [0.4, 0.5) is 42.5 Å². The number of hydrogen-bond donors (Lipinski definition) is 1. The molecule has 4 aromatic carbocycles. The molecule has 0 saturated heterocycles. The van der Waals surface area contributed by atoms with Crippen LogP contribution in [0.2, 0.25) is 0 Å². The van der Waals surface area contributed by atoms with Crippen molar-refractivity contribution in [3.63, 3.8) is 0 Å². The molecule has 0 unspecified atom stereocenters. The highest BCUT2D eigenvalue weighted by Crippen LogP contribution is 2.41. The minimum atomic E-state index is -4.50. The summed E-state index contributed by atoms with van der Waals surface area (Å²) in [5, 5.41) is 3.26. The Morgan fingerprint density at radius 2 is 1.21 bits per heavy atom. The Balaban J connectivity index is 0.000000258. The molecule has 8 rings (SSSR count). The summed E-state index contributed by atoms with van der Waals surface area (Å²) in [5.41, 5.74) is 3.31. The fraction of sp³-hybridized carbons (Fsp3) is 0.509. The van der Waals surface area contributed by atoms with Gasteiger partial charge in [-0.3, -0.25) is 14.5 Å². The van der Waals surface area contributed by atoms with Gasteiger partial charge in [-0.2, -0.15) is 26.3 Å². The highest BCUT2D eigenvalue weighted by molar-refractivity contribution is 6.02. The zero-order chi connectivity index (χ0) is 51.1. The van der Waals surface area contributed by atoms with Gasteiger partial charge in [0.2, 0.25) is 0 Å². The summed E-state index contributed by atoms with van der Waals surface area (Å²) in [6.45, 7) is 5.93. The van der Waals surface area contributed by atoms with Gasteiger partial charge in [-0.25, -0.2) is 4.79 Å². The molecule has 10 nitrogen and oxygen atoms in total. The molecule has 392 valence electrons. The third-order valence-electron chi connectivity index (χ3n) is 13.8. The number of rotatable bonds is 12. The molecule has 2 aliphatic heterocycles. The number of nitrogens with zero attached hydrogens (tertiary/aromatic N) is 2. The zero-order valence-corrected chi connectivity index (χ0v) is 42.4. The van der Waals surface area contributed by atoms with E-state index < -0.39 is 53.1 Å². The molecule has 72 heavy (non-hydrogen) atoms. The molecule has 0 bridgehead atoms. The summed E-state index contributed by atoms with van der Waals surface area (Å²) < 4.78 is 105. The second-order valence-electron chi connectivity index (χ2n) is 20.0. The van der Waals surface area contributed by atoms with Crippen molar-refractivity contribution in [2.24, 2.45) is 0 Å². The average Bonchev–Trinajstić information content (AvgIpc) is 4.00. The standard InChI is InChI=1S/C33H41F3N2O6.C22H24F3NO.ClH/c1-32(2,3)44-31(41)37(4)28(19-29(39)42-5)30(40)38-16-15-23-17-25(13-14-27(23)38)43-20-24-12-11-22(18-26(24)33(34,35)36)21-9-7-6-8-10-21;23-22(24,25)20-13-16(15-4-2-1-3-5-15)6-7-18(20)14-27-19-8-9-21-17(12-19)10-11-26-21;/h11-14,17-18,21,28H,6-10,15-16,19-20H2,1-5H3;6-9,12-13,15,26H,1-5,10-11,14H2;1H/t28-;;/m1../s1. The molecule has 0 aromatic heterocycles. The number of carbonyl (C=O) groups is 3. The molecule has 17 heteroatoms. The van der Waals surface area contributed by atoms with Gasteiger partial charge < -0.3 is 29.2 Å². The fourth-order valence-corrected chi connectivity index (χ4v) is 10.0. The van der Waals surface area contributed by atoms with E-state index in [0.717, 1.165) is 104 Å². The Morgan fingerprint density at radius 1 is 0.694 bits per heavy atom. The molecule has 2 fully saturated rings. The Hall–Kier alpha value is -5.64. The summed E-state index contributed by atoms with van der Waals surface area (Å²) in [7, 11) is 2.59. The number of nitrogens with one attached hydrogen (secondary N) is 1. The summed E-state index contributed by atoms with van der Waals surface area (Å²) in [5.74, 6) is 0.245. The van der Waals surface area contributed by atoms with Crippen LogP contribution in [0.3, 0.4) is 0 Å². The summed E-state index contributed by atoms with van der Waals surface area (Å²) in [4.78, 5) is 41.2. The molecule has 2 heterocycles. The van der Waals surface area contributed by atoms with Gasteiger partial charge in [0.05, 0.1) is 24.7 Å². The molecule has 0 spiro atoms. The SMILES string of the molecule is COC(=O)C[C@H](C(=O)N1CCc2cc(OCc3ccc(C4CCCCC4)cc3C(F)(F)F)ccc21)N(C)C(=O)OC(C)(C)C.Cl.FC(F)(F)c1cc(C2CCCCC2)ccc1COc1ccc2c(c1)CCN2. The van der Waals surface area contributed by atoms with E-state index in [1.807, 2.05) is 18.2 Å². The number of anilines is 2. The monoisotopic (exact) mass is 1030 g/mol. The Morgan fingerprint density at radius 3 is 1.71 bits per heavy atom. The van der Waals surface area contributed by atoms with Crippen molar-refractivity contribution in [3.05, 3.63) is 117 Å². The summed E-state index contributed by atoms with van der Waals surface area (Å²) >= 11 is 0. The Labute approximate surface area is 424 Å². The van der Waals surface area contributed by atoms with Crippen LogP contribution in [0.15, 0.2) is 72.8 Å². The van der Waals surface area contributed by atoms with Crippen LogP contribution in [0.1, 0.15) is 148 Å². The van der Waals surface area contributed by atoms with Crippen LogP contribution >= 0.6 is 12.4 Å². The molecule has 4 aliphatic rings. The van der Waals surface area contributed by atoms with Crippen LogP contribution in [-0.4, -0.2) is 61.8 Å². The van der Waals surface area contributed by atoms with Crippen molar-refractivity contribution in [2.45, 2.75) is 153 Å². The van der Waals surface area contributed by atoms with Gasteiger partial charge in [0.25, 0.3) is 5.91 Å². The molecule has 2 saturated carbocycles. The van der Waals surface area contributed by atoms with Gasteiger partial charge in [0.1, 0.15) is 36.4 Å². The third-order valence-corrected chi connectivity index (χ3v) is 13.8. The smallest absolute Gasteiger partial charge is 0.416 e. The maximum atomic E-state index is 14.0. The predicted octanol–water partition coefficient (Wildman–Crippen LogP) is 13.7. The topological polar surface area (TPSA) is 107 Å². The highest BCUT2D eigenvalue weighted by atomic mass is 35.5. The van der Waals surface area contributed by atoms with E-state index in [2.05, 4.69) is 5.32 Å². The predicted molar refractivity (Wildman–Crippen MR) is 266 cm³/mol. The van der Waals surface area contributed by atoms with Crippen LogP contribution in [0.25, 0.3) is 0 Å². The summed E-state index contributed by atoms with van der Waals surface area (Å²) in [6, 6.07) is 18.8. The number of ether oxygens (including phenoxy) is 4. The second-order valence-corrected chi connectivity index (χ2v) is 20.0. The van der Waals surface area contributed by atoms with Crippen molar-refractivity contribution in [1.29, 1.82) is 0 Å². The molecule has 2 amide bonds. The van der Waals surface area contributed by atoms with Gasteiger partial charge in [0.15, 0.2) is 0 Å². The maximum Gasteiger partial charge on any atom is 0.416 e. The lowest BCUT2D eigenvalue weighted by Gasteiger charge is -2.32. The highest BCUT2D eigenvalue weighted by Gasteiger charge is 2.39. The zero-order valence-electron chi connectivity index (χ0n) is 41.6. The maximum absolute atomic E-state index is 14.0. The third kappa shape index (κ3) is 14.3. The molecule has 0 radical (unpaired) electrons. The molecule has 2 aliphatic carbocycles. The first-order valence-electron chi connectivity index (χ1n) is 24.7. The number of alkyl halides is 6. The normalized spacial score (nSPS) is 16.5. The van der Waals surface area contributed by atoms with Crippen molar-refractivity contribution in [3.8, 4) is 11.5 Å². The van der Waals surface area contributed by atoms with Crippen molar-refractivity contribution in [2.75, 3.05) is 37.5 Å². The van der Waals surface area contributed by atoms with E-state index in [0.29, 0.717) is 23.6 Å². The number of benzene rings is 4. The fourth-order valence-electron chi connectivity index (χ4n) is 10.0. The van der Waals surface area contributed by atoms with E-state index in [4.69, 9.17) is 18.9 Å². The number of esters is 1. The number of hydrogen-bond acceptors (Lipinski definition) is 8. The van der Waals surface area contributed by atoms with Crippen LogP contribution in [0.5, 0.6) is 11.5 Å². The Bertz CT molecular complexity index is 2520. The van der Waals surface area contributed by atoms with Gasteiger partial charge in [-0.1, -0.05) is 62.8 Å². The summed E-state index contributed by atoms with van der Waals surface area (Å²) in [6.07, 6.45) is 1.73. The second kappa shape index (κ2) is 23.9. The quantitative estimate of drug-likeness (QED) is 0.110. The number of methoxy groups -OCH3 is 1. The lowest BCUT2D eigenvalue weighted by molar-refractivity contribution is -0.144. The van der Waals surface area contributed by atoms with E-state index in [9.17, 15) is 40.7 Å². The van der Waals surface area contributed by atoms with E-state index in [1.54, 1.807) is 57.2 Å². The van der Waals surface area contributed by atoms with Crippen molar-refractivity contribution < 1.29 is 59.7 Å². The van der Waals surface area contributed by atoms with Crippen molar-refractivity contribution >= 4 is 41.8 Å². The molecular formula is C55H66ClF6N3O7. The molecular weight excluding hydrogens is 964 g/mol. The number of carbonyl (C=O) groups excluding carboxylic acids is 3. The molecule has 4 aromatic rings. The number of fused-ring (bicyclic) bond motifs is 2. The minimum absolute atomic E-state index is 0. The first-order valence-corrected chi connectivity index (χ1v) is 24.7. The first-order chi connectivity index (χ1) is 33.7. The van der Waals surface area contributed by atoms with Gasteiger partial charge in [0, 0.05) is 42.6 Å². The van der Waals surface area contributed by atoms with Crippen molar-refractivity contribution in [1.82, 2.24) is 4.90 Å².